The highest BCUT2D eigenvalue weighted by atomic mass is 15.1. The van der Waals surface area contributed by atoms with Gasteiger partial charge in [-0.1, -0.05) is 218 Å². The van der Waals surface area contributed by atoms with E-state index in [-0.39, 0.29) is 0 Å². The fourth-order valence-electron chi connectivity index (χ4n) is 9.88. The Morgan fingerprint density at radius 2 is 0.426 bits per heavy atom. The van der Waals surface area contributed by atoms with Gasteiger partial charge in [-0.3, -0.25) is 0 Å². The third-order valence-electron chi connectivity index (χ3n) is 13.0. The van der Waals surface area contributed by atoms with Crippen LogP contribution in [0.2, 0.25) is 0 Å². The van der Waals surface area contributed by atoms with E-state index in [0.717, 1.165) is 89.6 Å². The van der Waals surface area contributed by atoms with Crippen LogP contribution < -0.4 is 0 Å². The summed E-state index contributed by atoms with van der Waals surface area (Å²) in [7, 11) is 0. The minimum atomic E-state index is 0.622. The summed E-state index contributed by atoms with van der Waals surface area (Å²) in [5.74, 6) is 1.24. The van der Waals surface area contributed by atoms with Crippen molar-refractivity contribution in [2.75, 3.05) is 0 Å². The Balaban J connectivity index is 1.03. The summed E-state index contributed by atoms with van der Waals surface area (Å²) >= 11 is 0. The molecule has 0 N–H and O–H groups in total. The molecule has 318 valence electrons. The molecule has 0 unspecified atom stereocenters. The highest BCUT2D eigenvalue weighted by molar-refractivity contribution is 6.11. The molecule has 0 bridgehead atoms. The van der Waals surface area contributed by atoms with E-state index < -0.39 is 0 Å². The summed E-state index contributed by atoms with van der Waals surface area (Å²) in [6.07, 6.45) is 0. The average molecular weight is 869 g/mol. The minimum Gasteiger partial charge on any atom is -0.305 e. The first kappa shape index (κ1) is 39.1. The van der Waals surface area contributed by atoms with E-state index in [4.69, 9.17) is 19.9 Å². The second kappa shape index (κ2) is 16.3. The lowest BCUT2D eigenvalue weighted by Crippen LogP contribution is -2.07. The summed E-state index contributed by atoms with van der Waals surface area (Å²) < 4.78 is 4.69. The molecular weight excluding hydrogens is 829 g/mol. The van der Waals surface area contributed by atoms with Gasteiger partial charge in [0.25, 0.3) is 0 Å². The molecule has 6 nitrogen and oxygen atoms in total. The quantitative estimate of drug-likeness (QED) is 0.153. The van der Waals surface area contributed by atoms with E-state index in [9.17, 15) is 0 Å². The molecule has 9 aromatic carbocycles. The van der Waals surface area contributed by atoms with Crippen LogP contribution in [0.1, 0.15) is 0 Å². The van der Waals surface area contributed by atoms with E-state index in [1.807, 2.05) is 24.3 Å². The summed E-state index contributed by atoms with van der Waals surface area (Å²) in [5.41, 5.74) is 15.4. The van der Waals surface area contributed by atoms with E-state index in [0.29, 0.717) is 11.6 Å². The highest BCUT2D eigenvalue weighted by Gasteiger charge is 2.26. The van der Waals surface area contributed by atoms with Gasteiger partial charge in [0.2, 0.25) is 0 Å². The molecule has 4 aromatic heterocycles. The maximum Gasteiger partial charge on any atom is 0.160 e. The number of hydrogen-bond acceptors (Lipinski definition) is 4. The Kier molecular flexibility index (Phi) is 9.39. The molecule has 0 radical (unpaired) electrons. The van der Waals surface area contributed by atoms with Crippen molar-refractivity contribution in [3.63, 3.8) is 0 Å². The standard InChI is InChI=1S/C62H40N6/c1-5-21-41(22-6-1)55-59(67-51-33-17-13-29-47(51)48-30-14-18-34-52(48)67)56(42-23-7-2-8-24-42)64-61(63-55)45-37-39-46(40-38-45)62-65-57(43-25-9-3-10-26-43)60(58(66-62)44-27-11-4-12-28-44)68-53-35-19-15-31-49(53)50-32-16-20-36-54(50)68/h1-40H. The summed E-state index contributed by atoms with van der Waals surface area (Å²) in [5, 5.41) is 4.71. The monoisotopic (exact) mass is 868 g/mol. The minimum absolute atomic E-state index is 0.622. The largest absolute Gasteiger partial charge is 0.305 e. The summed E-state index contributed by atoms with van der Waals surface area (Å²) in [6.45, 7) is 0. The van der Waals surface area contributed by atoms with Crippen molar-refractivity contribution in [1.29, 1.82) is 0 Å². The molecule has 0 atom stereocenters. The molecule has 13 rings (SSSR count). The van der Waals surface area contributed by atoms with E-state index in [1.54, 1.807) is 0 Å². The normalized spacial score (nSPS) is 11.5. The van der Waals surface area contributed by atoms with Crippen molar-refractivity contribution in [1.82, 2.24) is 29.1 Å². The molecule has 0 spiro atoms. The van der Waals surface area contributed by atoms with Crippen molar-refractivity contribution < 1.29 is 0 Å². The lowest BCUT2D eigenvalue weighted by molar-refractivity contribution is 1.09. The molecule has 0 saturated heterocycles. The van der Waals surface area contributed by atoms with E-state index in [2.05, 4.69) is 228 Å². The van der Waals surface area contributed by atoms with Gasteiger partial charge < -0.3 is 9.13 Å². The van der Waals surface area contributed by atoms with Gasteiger partial charge in [0.1, 0.15) is 0 Å². The van der Waals surface area contributed by atoms with Crippen LogP contribution in [0.5, 0.6) is 0 Å². The molecule has 0 aliphatic rings. The van der Waals surface area contributed by atoms with E-state index in [1.165, 1.54) is 21.5 Å². The van der Waals surface area contributed by atoms with Crippen molar-refractivity contribution in [3.05, 3.63) is 243 Å². The van der Waals surface area contributed by atoms with Crippen LogP contribution in [-0.2, 0) is 0 Å². The number of hydrogen-bond donors (Lipinski definition) is 0. The van der Waals surface area contributed by atoms with E-state index >= 15 is 0 Å². The zero-order valence-corrected chi connectivity index (χ0v) is 36.8. The highest BCUT2D eigenvalue weighted by Crippen LogP contribution is 2.43. The zero-order valence-electron chi connectivity index (χ0n) is 36.8. The van der Waals surface area contributed by atoms with Crippen LogP contribution >= 0.6 is 0 Å². The SMILES string of the molecule is c1ccc(-c2nc(-c3ccc(-c4nc(-c5ccccc5)c(-n5c6ccccc6c6ccccc65)c(-c5ccccc5)n4)cc3)nc(-c3ccccc3)c2-n2c3ccccc3c3ccccc32)cc1. The third-order valence-corrected chi connectivity index (χ3v) is 13.0. The fourth-order valence-corrected chi connectivity index (χ4v) is 9.88. The Hall–Kier alpha value is -9.26. The van der Waals surface area contributed by atoms with Gasteiger partial charge in [-0.05, 0) is 24.3 Å². The number of rotatable bonds is 8. The molecule has 0 saturated carbocycles. The maximum absolute atomic E-state index is 5.50. The molecular formula is C62H40N6. The molecule has 0 aliphatic heterocycles. The van der Waals surface area contributed by atoms with Gasteiger partial charge in [0.15, 0.2) is 11.6 Å². The van der Waals surface area contributed by atoms with Crippen LogP contribution in [0, 0.1) is 0 Å². The second-order valence-electron chi connectivity index (χ2n) is 17.0. The predicted octanol–water partition coefficient (Wildman–Crippen LogP) is 15.5. The molecule has 0 aliphatic carbocycles. The molecule has 4 heterocycles. The fraction of sp³-hybridized carbons (Fsp3) is 0. The van der Waals surface area contributed by atoms with Crippen LogP contribution in [-0.4, -0.2) is 29.1 Å². The van der Waals surface area contributed by atoms with Crippen molar-refractivity contribution in [2.45, 2.75) is 0 Å². The lowest BCUT2D eigenvalue weighted by Gasteiger charge is -2.20. The lowest BCUT2D eigenvalue weighted by atomic mass is 10.0. The molecule has 0 amide bonds. The molecule has 68 heavy (non-hydrogen) atoms. The van der Waals surface area contributed by atoms with Gasteiger partial charge in [0.05, 0.1) is 56.2 Å². The smallest absolute Gasteiger partial charge is 0.160 e. The first-order chi connectivity index (χ1) is 33.8. The van der Waals surface area contributed by atoms with Crippen LogP contribution in [0.4, 0.5) is 0 Å². The Bertz CT molecular complexity index is 3500. The Labute approximate surface area is 392 Å². The Morgan fingerprint density at radius 1 is 0.206 bits per heavy atom. The van der Waals surface area contributed by atoms with Crippen LogP contribution in [0.25, 0.3) is 123 Å². The number of para-hydroxylation sites is 4. The van der Waals surface area contributed by atoms with Crippen LogP contribution in [0.15, 0.2) is 243 Å². The van der Waals surface area contributed by atoms with Gasteiger partial charge in [0, 0.05) is 54.9 Å². The first-order valence-electron chi connectivity index (χ1n) is 22.9. The Morgan fingerprint density at radius 3 is 0.676 bits per heavy atom. The van der Waals surface area contributed by atoms with Crippen molar-refractivity contribution in [3.8, 4) is 79.2 Å². The third kappa shape index (κ3) is 6.50. The number of aromatic nitrogens is 6. The summed E-state index contributed by atoms with van der Waals surface area (Å²) in [4.78, 5) is 22.0. The average Bonchev–Trinajstić information content (AvgIpc) is 3.94. The van der Waals surface area contributed by atoms with Gasteiger partial charge >= 0.3 is 0 Å². The number of benzene rings is 9. The number of nitrogens with zero attached hydrogens (tertiary/aromatic N) is 6. The first-order valence-corrected chi connectivity index (χ1v) is 22.9. The van der Waals surface area contributed by atoms with Gasteiger partial charge in [-0.15, -0.1) is 0 Å². The molecule has 0 fully saturated rings. The van der Waals surface area contributed by atoms with Crippen molar-refractivity contribution in [2.24, 2.45) is 0 Å². The van der Waals surface area contributed by atoms with Crippen LogP contribution in [0.3, 0.4) is 0 Å². The van der Waals surface area contributed by atoms with Gasteiger partial charge in [-0.2, -0.15) is 0 Å². The van der Waals surface area contributed by atoms with Crippen molar-refractivity contribution >= 4 is 43.6 Å². The maximum atomic E-state index is 5.50. The molecule has 13 aromatic rings. The van der Waals surface area contributed by atoms with Gasteiger partial charge in [-0.25, -0.2) is 19.9 Å². The zero-order chi connectivity index (χ0) is 45.0. The molecule has 6 heteroatoms. The predicted molar refractivity (Wildman–Crippen MR) is 279 cm³/mol. The topological polar surface area (TPSA) is 61.4 Å². The number of fused-ring (bicyclic) bond motifs is 6. The summed E-state index contributed by atoms with van der Waals surface area (Å²) in [6, 6.07) is 84.6. The second-order valence-corrected chi connectivity index (χ2v) is 17.0.